The van der Waals surface area contributed by atoms with Crippen molar-refractivity contribution >= 4 is 0 Å². The smallest absolute Gasteiger partial charge is 0.162 e. The van der Waals surface area contributed by atoms with Gasteiger partial charge in [-0.05, 0) is 124 Å². The number of rotatable bonds is 7. The third-order valence-corrected chi connectivity index (χ3v) is 9.32. The molecule has 1 aromatic carbocycles. The maximum absolute atomic E-state index is 15.1. The van der Waals surface area contributed by atoms with Crippen LogP contribution in [0.3, 0.4) is 0 Å². The molecular weight excluding hydrogens is 433 g/mol. The van der Waals surface area contributed by atoms with Crippen LogP contribution >= 0.6 is 0 Å². The predicted molar refractivity (Wildman–Crippen MR) is 130 cm³/mol. The van der Waals surface area contributed by atoms with Gasteiger partial charge in [-0.3, -0.25) is 0 Å². The van der Waals surface area contributed by atoms with E-state index in [1.807, 2.05) is 24.3 Å². The van der Waals surface area contributed by atoms with Gasteiger partial charge in [0.2, 0.25) is 0 Å². The van der Waals surface area contributed by atoms with Crippen LogP contribution in [0.4, 0.5) is 13.2 Å². The number of halogens is 3. The summed E-state index contributed by atoms with van der Waals surface area (Å²) in [5.41, 5.74) is 1.14. The van der Waals surface area contributed by atoms with Crippen molar-refractivity contribution in [2.45, 2.75) is 95.0 Å². The van der Waals surface area contributed by atoms with E-state index in [9.17, 15) is 4.39 Å². The summed E-state index contributed by atoms with van der Waals surface area (Å²) < 4.78 is 49.8. The lowest BCUT2D eigenvalue weighted by atomic mass is 9.74. The van der Waals surface area contributed by atoms with E-state index >= 15 is 8.78 Å². The highest BCUT2D eigenvalue weighted by Crippen LogP contribution is 2.43. The van der Waals surface area contributed by atoms with Gasteiger partial charge in [0.05, 0.1) is 12.7 Å². The molecule has 5 rings (SSSR count). The Kier molecular flexibility index (Phi) is 7.53. The van der Waals surface area contributed by atoms with Crippen molar-refractivity contribution in [1.29, 1.82) is 0 Å². The quantitative estimate of drug-likeness (QED) is 0.285. The second kappa shape index (κ2) is 10.6. The summed E-state index contributed by atoms with van der Waals surface area (Å²) in [7, 11) is 0. The standard InChI is InChI=1S/C30H39F3O/c1-2-19-5-10-22(11-6-19)24-15-16-25(30(33)29(24)32)23-12-7-20(8-13-23)3-4-21-9-14-26(27(31)17-21)28-18-34-28/h2,15-17,19-23,26,28H,1,3-14,18H2. The number of allylic oxidation sites excluding steroid dienone is 2. The Labute approximate surface area is 202 Å². The summed E-state index contributed by atoms with van der Waals surface area (Å²) in [6, 6.07) is 3.73. The summed E-state index contributed by atoms with van der Waals surface area (Å²) in [6.07, 6.45) is 15.9. The zero-order chi connectivity index (χ0) is 23.7. The summed E-state index contributed by atoms with van der Waals surface area (Å²) in [6.45, 7) is 4.59. The van der Waals surface area contributed by atoms with Gasteiger partial charge in [-0.25, -0.2) is 13.2 Å². The van der Waals surface area contributed by atoms with Gasteiger partial charge >= 0.3 is 0 Å². The lowest BCUT2D eigenvalue weighted by Gasteiger charge is -2.31. The first-order valence-electron chi connectivity index (χ1n) is 13.6. The van der Waals surface area contributed by atoms with Crippen LogP contribution in [0.2, 0.25) is 0 Å². The molecule has 0 N–H and O–H groups in total. The topological polar surface area (TPSA) is 12.5 Å². The Morgan fingerprint density at radius 2 is 1.38 bits per heavy atom. The Bertz CT molecular complexity index is 889. The molecule has 3 unspecified atom stereocenters. The van der Waals surface area contributed by atoms with Gasteiger partial charge in [-0.2, -0.15) is 0 Å². The third kappa shape index (κ3) is 5.32. The Balaban J connectivity index is 1.12. The van der Waals surface area contributed by atoms with Crippen molar-refractivity contribution in [2.75, 3.05) is 6.61 Å². The number of epoxide rings is 1. The lowest BCUT2D eigenvalue weighted by Crippen LogP contribution is -2.19. The zero-order valence-electron chi connectivity index (χ0n) is 20.3. The molecule has 186 valence electrons. The van der Waals surface area contributed by atoms with E-state index in [-0.39, 0.29) is 29.7 Å². The number of hydrogen-bond acceptors (Lipinski definition) is 1. The van der Waals surface area contributed by atoms with E-state index in [4.69, 9.17) is 4.74 Å². The SMILES string of the molecule is C=CC1CCC(c2ccc(C3CCC(CCC4C=C(F)C(C5CO5)CC4)CC3)c(F)c2F)CC1. The monoisotopic (exact) mass is 472 g/mol. The van der Waals surface area contributed by atoms with Gasteiger partial charge in [0.15, 0.2) is 11.6 Å². The number of benzene rings is 1. The highest BCUT2D eigenvalue weighted by molar-refractivity contribution is 5.32. The van der Waals surface area contributed by atoms with E-state index in [2.05, 4.69) is 6.58 Å². The molecule has 0 amide bonds. The van der Waals surface area contributed by atoms with Gasteiger partial charge in [0.25, 0.3) is 0 Å². The molecule has 1 saturated heterocycles. The molecule has 3 aliphatic carbocycles. The van der Waals surface area contributed by atoms with Crippen LogP contribution in [0.15, 0.2) is 36.7 Å². The van der Waals surface area contributed by atoms with Crippen LogP contribution in [0.25, 0.3) is 0 Å². The summed E-state index contributed by atoms with van der Waals surface area (Å²) >= 11 is 0. The van der Waals surface area contributed by atoms with Gasteiger partial charge in [0, 0.05) is 5.92 Å². The van der Waals surface area contributed by atoms with Crippen molar-refractivity contribution in [3.8, 4) is 0 Å². The minimum atomic E-state index is -0.609. The summed E-state index contributed by atoms with van der Waals surface area (Å²) in [4.78, 5) is 0. The van der Waals surface area contributed by atoms with Gasteiger partial charge in [-0.15, -0.1) is 6.58 Å². The molecule has 1 aromatic rings. The molecule has 3 fully saturated rings. The molecule has 1 aliphatic heterocycles. The second-order valence-electron chi connectivity index (χ2n) is 11.4. The van der Waals surface area contributed by atoms with Gasteiger partial charge < -0.3 is 4.74 Å². The molecule has 3 atom stereocenters. The van der Waals surface area contributed by atoms with Crippen molar-refractivity contribution in [1.82, 2.24) is 0 Å². The maximum Gasteiger partial charge on any atom is 0.162 e. The van der Waals surface area contributed by atoms with Crippen molar-refractivity contribution in [3.05, 3.63) is 59.5 Å². The van der Waals surface area contributed by atoms with Crippen molar-refractivity contribution in [2.24, 2.45) is 23.7 Å². The van der Waals surface area contributed by atoms with Crippen molar-refractivity contribution < 1.29 is 17.9 Å². The minimum Gasteiger partial charge on any atom is -0.372 e. The highest BCUT2D eigenvalue weighted by Gasteiger charge is 2.38. The van der Waals surface area contributed by atoms with Gasteiger partial charge in [0.1, 0.15) is 5.83 Å². The first-order chi connectivity index (χ1) is 16.5. The molecule has 0 radical (unpaired) electrons. The molecule has 0 aromatic heterocycles. The van der Waals surface area contributed by atoms with E-state index < -0.39 is 11.6 Å². The molecule has 34 heavy (non-hydrogen) atoms. The van der Waals surface area contributed by atoms with Crippen LogP contribution < -0.4 is 0 Å². The Hall–Kier alpha value is -1.55. The summed E-state index contributed by atoms with van der Waals surface area (Å²) in [5.74, 6) is 0.530. The van der Waals surface area contributed by atoms with E-state index in [1.54, 1.807) is 0 Å². The van der Waals surface area contributed by atoms with Crippen LogP contribution in [0.1, 0.15) is 100 Å². The zero-order valence-corrected chi connectivity index (χ0v) is 20.3. The fourth-order valence-electron chi connectivity index (χ4n) is 6.93. The van der Waals surface area contributed by atoms with E-state index in [1.165, 1.54) is 0 Å². The lowest BCUT2D eigenvalue weighted by molar-refractivity contribution is 0.258. The fraction of sp³-hybridized carbons (Fsp3) is 0.667. The molecule has 4 aliphatic rings. The average molecular weight is 473 g/mol. The maximum atomic E-state index is 15.1. The van der Waals surface area contributed by atoms with Crippen LogP contribution in [-0.2, 0) is 4.74 Å². The highest BCUT2D eigenvalue weighted by atomic mass is 19.2. The molecule has 1 heterocycles. The third-order valence-electron chi connectivity index (χ3n) is 9.32. The molecule has 0 spiro atoms. The van der Waals surface area contributed by atoms with Gasteiger partial charge in [-0.1, -0.05) is 18.2 Å². The second-order valence-corrected chi connectivity index (χ2v) is 11.4. The van der Waals surface area contributed by atoms with Crippen LogP contribution in [0, 0.1) is 35.3 Å². The van der Waals surface area contributed by atoms with Crippen LogP contribution in [0.5, 0.6) is 0 Å². The molecule has 1 nitrogen and oxygen atoms in total. The normalized spacial score (nSPS) is 36.1. The fourth-order valence-corrected chi connectivity index (χ4v) is 6.93. The Morgan fingerprint density at radius 3 is 1.91 bits per heavy atom. The minimum absolute atomic E-state index is 0.00413. The molecule has 4 heteroatoms. The molecule has 2 saturated carbocycles. The summed E-state index contributed by atoms with van der Waals surface area (Å²) in [5, 5.41) is 0. The van der Waals surface area contributed by atoms with E-state index in [0.29, 0.717) is 35.5 Å². The number of hydrogen-bond donors (Lipinski definition) is 0. The Morgan fingerprint density at radius 1 is 0.794 bits per heavy atom. The molecular formula is C30H39F3O. The van der Waals surface area contributed by atoms with E-state index in [0.717, 1.165) is 77.0 Å². The van der Waals surface area contributed by atoms with Crippen LogP contribution in [-0.4, -0.2) is 12.7 Å². The predicted octanol–water partition coefficient (Wildman–Crippen LogP) is 8.76. The largest absolute Gasteiger partial charge is 0.372 e. The first kappa shape index (κ1) is 24.2. The average Bonchev–Trinajstić information content (AvgIpc) is 3.70. The number of ether oxygens (including phenoxy) is 1. The van der Waals surface area contributed by atoms with Crippen molar-refractivity contribution in [3.63, 3.8) is 0 Å². The first-order valence-corrected chi connectivity index (χ1v) is 13.6. The molecule has 0 bridgehead atoms.